The number of aromatic amines is 1. The molecule has 3 nitrogen and oxygen atoms in total. The summed E-state index contributed by atoms with van der Waals surface area (Å²) in [7, 11) is 2.30. The summed E-state index contributed by atoms with van der Waals surface area (Å²) in [4.78, 5) is 6.28. The van der Waals surface area contributed by atoms with Crippen LogP contribution in [0.5, 0.6) is 0 Å². The number of piperidine rings is 1. The molecule has 0 amide bonds. The van der Waals surface area contributed by atoms with Gasteiger partial charge in [-0.3, -0.25) is 4.90 Å². The number of aromatic nitrogens is 1. The lowest BCUT2D eigenvalue weighted by Gasteiger charge is -2.57. The third-order valence-electron chi connectivity index (χ3n) is 6.29. The average Bonchev–Trinajstić information content (AvgIpc) is 2.86. The highest BCUT2D eigenvalue weighted by Gasteiger charge is 2.56. The number of nitrogens with one attached hydrogen (secondary N) is 1. The van der Waals surface area contributed by atoms with Crippen LogP contribution in [0.2, 0.25) is 0 Å². The normalized spacial score (nSPS) is 38.5. The van der Waals surface area contributed by atoms with Gasteiger partial charge in [-0.2, -0.15) is 0 Å². The Labute approximate surface area is 125 Å². The second kappa shape index (κ2) is 3.90. The van der Waals surface area contributed by atoms with Gasteiger partial charge in [0.15, 0.2) is 0 Å². The summed E-state index contributed by atoms with van der Waals surface area (Å²) in [6.07, 6.45) is 2.46. The standard InChI is InChI=1S/C18H22N2O/c1-18-13-7-9-20(2)16(11(13)8-10-21-18)15-12-5-3-4-6-14(12)19-17(15)18/h3-6,11,13,16,19H,7-10H2,1-2H3/t11-,13-,16+,18+/m0/s1. The van der Waals surface area contributed by atoms with E-state index in [1.807, 2.05) is 0 Å². The van der Waals surface area contributed by atoms with E-state index >= 15 is 0 Å². The monoisotopic (exact) mass is 282 g/mol. The highest BCUT2D eigenvalue weighted by atomic mass is 16.5. The maximum absolute atomic E-state index is 6.36. The van der Waals surface area contributed by atoms with E-state index < -0.39 is 0 Å². The highest BCUT2D eigenvalue weighted by molar-refractivity contribution is 5.86. The lowest BCUT2D eigenvalue weighted by Crippen LogP contribution is -2.57. The number of fused-ring (bicyclic) bond motifs is 5. The van der Waals surface area contributed by atoms with Gasteiger partial charge in [0, 0.05) is 29.1 Å². The first-order valence-electron chi connectivity index (χ1n) is 8.15. The fourth-order valence-electron chi connectivity index (χ4n) is 5.35. The topological polar surface area (TPSA) is 28.3 Å². The summed E-state index contributed by atoms with van der Waals surface area (Å²) in [5, 5.41) is 1.39. The van der Waals surface area contributed by atoms with Crippen molar-refractivity contribution in [2.75, 3.05) is 20.2 Å². The average molecular weight is 282 g/mol. The minimum absolute atomic E-state index is 0.116. The van der Waals surface area contributed by atoms with Crippen LogP contribution in [0.3, 0.4) is 0 Å². The lowest BCUT2D eigenvalue weighted by molar-refractivity contribution is -0.182. The van der Waals surface area contributed by atoms with E-state index in [9.17, 15) is 0 Å². The fourth-order valence-corrected chi connectivity index (χ4v) is 5.35. The molecule has 1 aromatic heterocycles. The molecule has 0 saturated carbocycles. The molecule has 1 N–H and O–H groups in total. The number of H-pyrrole nitrogens is 1. The number of benzene rings is 1. The van der Waals surface area contributed by atoms with Crippen LogP contribution in [-0.4, -0.2) is 30.1 Å². The predicted octanol–water partition coefficient (Wildman–Crippen LogP) is 3.43. The SMILES string of the molecule is CN1CC[C@H]2[C@@H]3CCO[C@@]2(C)c2[nH]c4ccccc4c2[C@@H]31. The quantitative estimate of drug-likeness (QED) is 0.802. The second-order valence-electron chi connectivity index (χ2n) is 7.19. The van der Waals surface area contributed by atoms with Crippen LogP contribution < -0.4 is 0 Å². The maximum Gasteiger partial charge on any atom is 0.108 e. The Morgan fingerprint density at radius 3 is 3.05 bits per heavy atom. The molecule has 1 aromatic carbocycles. The molecule has 3 heterocycles. The Kier molecular flexibility index (Phi) is 2.28. The van der Waals surface area contributed by atoms with Gasteiger partial charge in [-0.15, -0.1) is 0 Å². The van der Waals surface area contributed by atoms with Crippen molar-refractivity contribution in [1.82, 2.24) is 9.88 Å². The fraction of sp³-hybridized carbons (Fsp3) is 0.556. The van der Waals surface area contributed by atoms with Crippen molar-refractivity contribution in [2.24, 2.45) is 11.8 Å². The molecule has 3 heteroatoms. The molecule has 0 spiro atoms. The largest absolute Gasteiger partial charge is 0.369 e. The molecule has 4 bridgehead atoms. The van der Waals surface area contributed by atoms with Crippen molar-refractivity contribution in [2.45, 2.75) is 31.4 Å². The minimum Gasteiger partial charge on any atom is -0.369 e. The van der Waals surface area contributed by atoms with Crippen LogP contribution in [0.1, 0.15) is 37.1 Å². The van der Waals surface area contributed by atoms with Gasteiger partial charge < -0.3 is 9.72 Å². The second-order valence-corrected chi connectivity index (χ2v) is 7.19. The number of ether oxygens (including phenoxy) is 1. The van der Waals surface area contributed by atoms with Gasteiger partial charge in [0.1, 0.15) is 5.60 Å². The van der Waals surface area contributed by atoms with E-state index in [0.717, 1.165) is 12.5 Å². The Balaban J connectivity index is 1.87. The van der Waals surface area contributed by atoms with Crippen LogP contribution in [0.25, 0.3) is 10.9 Å². The summed E-state index contributed by atoms with van der Waals surface area (Å²) < 4.78 is 6.36. The van der Waals surface area contributed by atoms with Crippen LogP contribution in [0, 0.1) is 11.8 Å². The number of nitrogens with zero attached hydrogens (tertiary/aromatic N) is 1. The molecule has 4 atom stereocenters. The van der Waals surface area contributed by atoms with Gasteiger partial charge in [0.05, 0.1) is 5.69 Å². The van der Waals surface area contributed by atoms with Gasteiger partial charge in [-0.05, 0) is 51.3 Å². The van der Waals surface area contributed by atoms with E-state index in [4.69, 9.17) is 4.74 Å². The Morgan fingerprint density at radius 2 is 2.14 bits per heavy atom. The summed E-state index contributed by atoms with van der Waals surface area (Å²) >= 11 is 0. The van der Waals surface area contributed by atoms with Crippen LogP contribution >= 0.6 is 0 Å². The first-order valence-corrected chi connectivity index (χ1v) is 8.15. The van der Waals surface area contributed by atoms with Crippen LogP contribution in [-0.2, 0) is 10.3 Å². The number of hydrogen-bond acceptors (Lipinski definition) is 2. The molecule has 21 heavy (non-hydrogen) atoms. The third kappa shape index (κ3) is 1.37. The number of rotatable bonds is 0. The van der Waals surface area contributed by atoms with Crippen molar-refractivity contribution < 1.29 is 4.74 Å². The van der Waals surface area contributed by atoms with Crippen LogP contribution in [0.15, 0.2) is 24.3 Å². The molecular formula is C18H22N2O. The van der Waals surface area contributed by atoms with E-state index in [2.05, 4.69) is 48.1 Å². The van der Waals surface area contributed by atoms with Gasteiger partial charge in [-0.25, -0.2) is 0 Å². The Morgan fingerprint density at radius 1 is 1.29 bits per heavy atom. The molecule has 3 aliphatic rings. The van der Waals surface area contributed by atoms with E-state index in [0.29, 0.717) is 12.0 Å². The molecule has 110 valence electrons. The van der Waals surface area contributed by atoms with E-state index in [1.165, 1.54) is 41.5 Å². The number of likely N-dealkylation sites (tertiary alicyclic amines) is 1. The Hall–Kier alpha value is -1.32. The highest BCUT2D eigenvalue weighted by Crippen LogP contribution is 2.59. The Bertz CT molecular complexity index is 721. The summed E-state index contributed by atoms with van der Waals surface area (Å²) in [6.45, 7) is 4.40. The first kappa shape index (κ1) is 12.2. The molecule has 2 aliphatic heterocycles. The summed E-state index contributed by atoms with van der Waals surface area (Å²) in [5.41, 5.74) is 4.01. The van der Waals surface area contributed by atoms with E-state index in [-0.39, 0.29) is 5.60 Å². The molecule has 2 saturated heterocycles. The van der Waals surface area contributed by atoms with Gasteiger partial charge >= 0.3 is 0 Å². The minimum atomic E-state index is -0.116. The van der Waals surface area contributed by atoms with Gasteiger partial charge in [0.25, 0.3) is 0 Å². The van der Waals surface area contributed by atoms with Crippen molar-refractivity contribution in [3.8, 4) is 0 Å². The first-order chi connectivity index (χ1) is 10.2. The zero-order valence-corrected chi connectivity index (χ0v) is 12.7. The molecule has 0 unspecified atom stereocenters. The van der Waals surface area contributed by atoms with Crippen molar-refractivity contribution in [1.29, 1.82) is 0 Å². The van der Waals surface area contributed by atoms with Crippen LogP contribution in [0.4, 0.5) is 0 Å². The smallest absolute Gasteiger partial charge is 0.108 e. The maximum atomic E-state index is 6.36. The molecular weight excluding hydrogens is 260 g/mol. The molecule has 0 radical (unpaired) electrons. The van der Waals surface area contributed by atoms with Gasteiger partial charge in [0.2, 0.25) is 0 Å². The van der Waals surface area contributed by atoms with E-state index in [1.54, 1.807) is 0 Å². The molecule has 2 aromatic rings. The van der Waals surface area contributed by atoms with Crippen molar-refractivity contribution >= 4 is 10.9 Å². The molecule has 5 rings (SSSR count). The van der Waals surface area contributed by atoms with Crippen molar-refractivity contribution in [3.05, 3.63) is 35.5 Å². The van der Waals surface area contributed by atoms with Gasteiger partial charge in [-0.1, -0.05) is 18.2 Å². The predicted molar refractivity (Wildman–Crippen MR) is 83.2 cm³/mol. The zero-order chi connectivity index (χ0) is 14.2. The van der Waals surface area contributed by atoms with Crippen molar-refractivity contribution in [3.63, 3.8) is 0 Å². The summed E-state index contributed by atoms with van der Waals surface area (Å²) in [5.74, 6) is 1.40. The molecule has 1 aliphatic carbocycles. The molecule has 2 fully saturated rings. The third-order valence-corrected chi connectivity index (χ3v) is 6.29. The lowest BCUT2D eigenvalue weighted by atomic mass is 9.60. The number of para-hydroxylation sites is 1. The number of hydrogen-bond donors (Lipinski definition) is 1. The zero-order valence-electron chi connectivity index (χ0n) is 12.7. The summed E-state index contributed by atoms with van der Waals surface area (Å²) in [6, 6.07) is 9.31.